The van der Waals surface area contributed by atoms with Crippen molar-refractivity contribution in [2.75, 3.05) is 23.7 Å². The SMILES string of the molecule is Cc1nn(C2CCN(C3CC3)CC2)cc1Nc1nc(Nc2cccc(C(C)(C)O)n2)c2c(C)csc2n1. The van der Waals surface area contributed by atoms with Crippen molar-refractivity contribution in [2.45, 2.75) is 71.1 Å². The number of nitrogens with one attached hydrogen (secondary N) is 2. The molecule has 4 aromatic rings. The molecule has 0 spiro atoms. The molecule has 3 N–H and O–H groups in total. The van der Waals surface area contributed by atoms with Crippen LogP contribution in [0.25, 0.3) is 10.2 Å². The van der Waals surface area contributed by atoms with Crippen molar-refractivity contribution < 1.29 is 5.11 Å². The molecule has 0 bridgehead atoms. The van der Waals surface area contributed by atoms with Gasteiger partial charge in [-0.2, -0.15) is 10.1 Å². The van der Waals surface area contributed by atoms with Crippen LogP contribution in [-0.4, -0.2) is 53.9 Å². The van der Waals surface area contributed by atoms with Gasteiger partial charge in [0.15, 0.2) is 0 Å². The Morgan fingerprint density at radius 1 is 1.00 bits per heavy atom. The van der Waals surface area contributed by atoms with Crippen molar-refractivity contribution in [1.82, 2.24) is 29.6 Å². The molecule has 0 unspecified atom stereocenters. The summed E-state index contributed by atoms with van der Waals surface area (Å²) in [5.41, 5.74) is 2.52. The van der Waals surface area contributed by atoms with E-state index in [1.165, 1.54) is 12.8 Å². The van der Waals surface area contributed by atoms with Crippen LogP contribution in [0.5, 0.6) is 0 Å². The number of piperidine rings is 1. The first kappa shape index (κ1) is 24.3. The number of hydrogen-bond acceptors (Lipinski definition) is 9. The standard InChI is InChI=1S/C27H34N8OS/c1-16-15-37-25-23(16)24(30-22-7-5-6-21(29-22)27(3,4)36)31-26(32-25)28-20-14-35(33-17(20)2)19-10-12-34(13-11-19)18-8-9-18/h5-7,14-15,18-19,36H,8-13H2,1-4H3,(H2,28,29,30,31,32). The molecular formula is C27H34N8OS. The average molecular weight is 519 g/mol. The Kier molecular flexibility index (Phi) is 6.13. The lowest BCUT2D eigenvalue weighted by Gasteiger charge is -2.32. The highest BCUT2D eigenvalue weighted by molar-refractivity contribution is 7.17. The molecule has 0 radical (unpaired) electrons. The second kappa shape index (κ2) is 9.34. The van der Waals surface area contributed by atoms with E-state index >= 15 is 0 Å². The van der Waals surface area contributed by atoms with Gasteiger partial charge in [0, 0.05) is 25.3 Å². The van der Waals surface area contributed by atoms with Gasteiger partial charge in [-0.05, 0) is 76.5 Å². The lowest BCUT2D eigenvalue weighted by Crippen LogP contribution is -2.36. The van der Waals surface area contributed by atoms with E-state index in [0.717, 1.165) is 59.1 Å². The zero-order valence-corrected chi connectivity index (χ0v) is 22.6. The monoisotopic (exact) mass is 518 g/mol. The summed E-state index contributed by atoms with van der Waals surface area (Å²) in [7, 11) is 0. The van der Waals surface area contributed by atoms with Crippen molar-refractivity contribution in [3.63, 3.8) is 0 Å². The van der Waals surface area contributed by atoms with E-state index < -0.39 is 5.60 Å². The first-order valence-electron chi connectivity index (χ1n) is 13.0. The fraction of sp³-hybridized carbons (Fsp3) is 0.481. The van der Waals surface area contributed by atoms with Gasteiger partial charge in [0.05, 0.1) is 28.5 Å². The largest absolute Gasteiger partial charge is 0.384 e. The van der Waals surface area contributed by atoms with Crippen LogP contribution in [0.3, 0.4) is 0 Å². The summed E-state index contributed by atoms with van der Waals surface area (Å²) in [6.45, 7) is 9.86. The highest BCUT2D eigenvalue weighted by atomic mass is 32.1. The second-order valence-electron chi connectivity index (χ2n) is 10.8. The van der Waals surface area contributed by atoms with Crippen LogP contribution in [0.1, 0.15) is 62.5 Å². The molecule has 1 aliphatic heterocycles. The molecule has 10 heteroatoms. The summed E-state index contributed by atoms with van der Waals surface area (Å²) in [6, 6.07) is 6.84. The fourth-order valence-corrected chi connectivity index (χ4v) is 5.98. The predicted octanol–water partition coefficient (Wildman–Crippen LogP) is 5.41. The Labute approximate surface area is 221 Å². The van der Waals surface area contributed by atoms with Gasteiger partial charge < -0.3 is 20.6 Å². The first-order chi connectivity index (χ1) is 17.7. The Bertz CT molecular complexity index is 1430. The maximum absolute atomic E-state index is 10.4. The molecule has 1 saturated carbocycles. The van der Waals surface area contributed by atoms with Crippen molar-refractivity contribution in [1.29, 1.82) is 0 Å². The molecule has 5 heterocycles. The third-order valence-electron chi connectivity index (χ3n) is 7.34. The number of aryl methyl sites for hydroxylation is 2. The Balaban J connectivity index is 1.25. The summed E-state index contributed by atoms with van der Waals surface area (Å²) >= 11 is 1.59. The van der Waals surface area contributed by atoms with Crippen LogP contribution >= 0.6 is 11.3 Å². The Morgan fingerprint density at radius 2 is 1.78 bits per heavy atom. The van der Waals surface area contributed by atoms with Crippen LogP contribution < -0.4 is 10.6 Å². The summed E-state index contributed by atoms with van der Waals surface area (Å²) in [4.78, 5) is 17.8. The van der Waals surface area contributed by atoms with Crippen LogP contribution in [0, 0.1) is 13.8 Å². The van der Waals surface area contributed by atoms with Crippen molar-refractivity contribution in [3.05, 3.63) is 46.7 Å². The molecule has 0 aromatic carbocycles. The number of anilines is 4. The molecule has 1 aliphatic carbocycles. The van der Waals surface area contributed by atoms with E-state index in [4.69, 9.17) is 15.1 Å². The molecule has 4 aromatic heterocycles. The smallest absolute Gasteiger partial charge is 0.230 e. The highest BCUT2D eigenvalue weighted by Crippen LogP contribution is 2.35. The van der Waals surface area contributed by atoms with Gasteiger partial charge in [0.25, 0.3) is 0 Å². The molecule has 2 aliphatic rings. The van der Waals surface area contributed by atoms with Gasteiger partial charge in [-0.1, -0.05) is 6.07 Å². The number of aliphatic hydroxyl groups is 1. The van der Waals surface area contributed by atoms with Crippen LogP contribution in [-0.2, 0) is 5.60 Å². The summed E-state index contributed by atoms with van der Waals surface area (Å²) in [5, 5.41) is 25.1. The number of aromatic nitrogens is 5. The van der Waals surface area contributed by atoms with Gasteiger partial charge in [0.2, 0.25) is 5.95 Å². The topological polar surface area (TPSA) is 104 Å². The van der Waals surface area contributed by atoms with Gasteiger partial charge in [-0.15, -0.1) is 11.3 Å². The number of hydrogen-bond donors (Lipinski definition) is 3. The zero-order chi connectivity index (χ0) is 25.7. The number of thiophene rings is 1. The Hall–Kier alpha value is -3.08. The predicted molar refractivity (Wildman–Crippen MR) is 148 cm³/mol. The molecule has 9 nitrogen and oxygen atoms in total. The number of likely N-dealkylation sites (tertiary alicyclic amines) is 1. The van der Waals surface area contributed by atoms with Crippen molar-refractivity contribution >= 4 is 44.8 Å². The van der Waals surface area contributed by atoms with E-state index in [9.17, 15) is 5.11 Å². The van der Waals surface area contributed by atoms with E-state index in [1.807, 2.05) is 25.1 Å². The van der Waals surface area contributed by atoms with Crippen molar-refractivity contribution in [2.24, 2.45) is 0 Å². The average Bonchev–Trinajstić information content (AvgIpc) is 3.56. The minimum Gasteiger partial charge on any atom is -0.384 e. The van der Waals surface area contributed by atoms with E-state index in [0.29, 0.717) is 29.3 Å². The second-order valence-corrected chi connectivity index (χ2v) is 11.7. The third kappa shape index (κ3) is 5.05. The van der Waals surface area contributed by atoms with Gasteiger partial charge in [-0.3, -0.25) is 4.68 Å². The van der Waals surface area contributed by atoms with E-state index in [2.05, 4.69) is 43.7 Å². The Morgan fingerprint density at radius 3 is 2.51 bits per heavy atom. The summed E-state index contributed by atoms with van der Waals surface area (Å²) < 4.78 is 2.13. The molecule has 1 saturated heterocycles. The molecule has 0 atom stereocenters. The summed E-state index contributed by atoms with van der Waals surface area (Å²) in [5.74, 6) is 1.82. The van der Waals surface area contributed by atoms with Crippen LogP contribution in [0.4, 0.5) is 23.3 Å². The van der Waals surface area contributed by atoms with E-state index in [-0.39, 0.29) is 0 Å². The minimum absolute atomic E-state index is 0.430. The number of nitrogens with zero attached hydrogens (tertiary/aromatic N) is 6. The highest BCUT2D eigenvalue weighted by Gasteiger charge is 2.32. The quantitative estimate of drug-likeness (QED) is 0.298. The van der Waals surface area contributed by atoms with Crippen molar-refractivity contribution in [3.8, 4) is 0 Å². The van der Waals surface area contributed by atoms with Gasteiger partial charge >= 0.3 is 0 Å². The molecular weight excluding hydrogens is 484 g/mol. The number of rotatable bonds is 7. The molecule has 194 valence electrons. The number of pyridine rings is 1. The molecule has 2 fully saturated rings. The lowest BCUT2D eigenvalue weighted by molar-refractivity contribution is 0.0740. The van der Waals surface area contributed by atoms with Crippen LogP contribution in [0.15, 0.2) is 29.8 Å². The maximum atomic E-state index is 10.4. The number of fused-ring (bicyclic) bond motifs is 1. The van der Waals surface area contributed by atoms with Crippen LogP contribution in [0.2, 0.25) is 0 Å². The lowest BCUT2D eigenvalue weighted by atomic mass is 10.1. The molecule has 0 amide bonds. The molecule has 6 rings (SSSR count). The normalized spacial score (nSPS) is 17.4. The minimum atomic E-state index is -1.03. The first-order valence-corrected chi connectivity index (χ1v) is 13.9. The maximum Gasteiger partial charge on any atom is 0.230 e. The zero-order valence-electron chi connectivity index (χ0n) is 21.8. The third-order valence-corrected chi connectivity index (χ3v) is 8.33. The van der Waals surface area contributed by atoms with Gasteiger partial charge in [-0.25, -0.2) is 9.97 Å². The fourth-order valence-electron chi connectivity index (χ4n) is 5.06. The molecule has 37 heavy (non-hydrogen) atoms. The van der Waals surface area contributed by atoms with Gasteiger partial charge in [0.1, 0.15) is 22.1 Å². The van der Waals surface area contributed by atoms with E-state index in [1.54, 1.807) is 25.2 Å². The summed E-state index contributed by atoms with van der Waals surface area (Å²) in [6.07, 6.45) is 7.11.